The maximum atomic E-state index is 13.0. The Bertz CT molecular complexity index is 794. The zero-order chi connectivity index (χ0) is 18.7. The molecule has 7 nitrogen and oxygen atoms in total. The van der Waals surface area contributed by atoms with Crippen LogP contribution in [0.25, 0.3) is 0 Å². The van der Waals surface area contributed by atoms with Crippen LogP contribution in [-0.4, -0.2) is 64.1 Å². The summed E-state index contributed by atoms with van der Waals surface area (Å²) in [5.74, 6) is 0.0874. The average molecular weight is 359 g/mol. The summed E-state index contributed by atoms with van der Waals surface area (Å²) in [6, 6.07) is 7.37. The van der Waals surface area contributed by atoms with Crippen LogP contribution in [0.1, 0.15) is 16.1 Å². The van der Waals surface area contributed by atoms with E-state index in [2.05, 4.69) is 10.4 Å². The van der Waals surface area contributed by atoms with E-state index in [9.17, 15) is 14.0 Å². The zero-order valence-electron chi connectivity index (χ0n) is 14.9. The number of halogens is 1. The molecule has 1 N–H and O–H groups in total. The van der Waals surface area contributed by atoms with Gasteiger partial charge in [0.25, 0.3) is 5.91 Å². The molecule has 0 bridgehead atoms. The number of carbonyl (C=O) groups excluding carboxylic acids is 2. The van der Waals surface area contributed by atoms with Crippen LogP contribution in [-0.2, 0) is 11.8 Å². The van der Waals surface area contributed by atoms with Crippen molar-refractivity contribution in [1.82, 2.24) is 19.6 Å². The molecule has 1 aromatic carbocycles. The third-order valence-electron chi connectivity index (χ3n) is 4.39. The van der Waals surface area contributed by atoms with E-state index in [1.165, 1.54) is 24.3 Å². The minimum Gasteiger partial charge on any atom is -0.336 e. The second-order valence-corrected chi connectivity index (χ2v) is 6.42. The largest absolute Gasteiger partial charge is 0.336 e. The predicted molar refractivity (Wildman–Crippen MR) is 95.3 cm³/mol. The van der Waals surface area contributed by atoms with Crippen molar-refractivity contribution in [3.63, 3.8) is 0 Å². The number of benzene rings is 1. The Labute approximate surface area is 151 Å². The molecule has 0 radical (unpaired) electrons. The highest BCUT2D eigenvalue weighted by Crippen LogP contribution is 2.11. The number of carbonyl (C=O) groups is 2. The second kappa shape index (κ2) is 7.65. The predicted octanol–water partition coefficient (Wildman–Crippen LogP) is 1.26. The third-order valence-corrected chi connectivity index (χ3v) is 4.39. The molecular formula is C18H22FN5O2. The number of aryl methyl sites for hydroxylation is 2. The lowest BCUT2D eigenvalue weighted by Gasteiger charge is -2.34. The van der Waals surface area contributed by atoms with Gasteiger partial charge in [-0.15, -0.1) is 0 Å². The summed E-state index contributed by atoms with van der Waals surface area (Å²) in [6.07, 6.45) is 0. The van der Waals surface area contributed by atoms with E-state index >= 15 is 0 Å². The summed E-state index contributed by atoms with van der Waals surface area (Å²) in [4.78, 5) is 28.4. The molecule has 1 aromatic heterocycles. The number of aromatic nitrogens is 2. The van der Waals surface area contributed by atoms with Crippen LogP contribution < -0.4 is 5.32 Å². The summed E-state index contributed by atoms with van der Waals surface area (Å²) in [6.45, 7) is 4.44. The van der Waals surface area contributed by atoms with Crippen LogP contribution in [0.2, 0.25) is 0 Å². The lowest BCUT2D eigenvalue weighted by Crippen LogP contribution is -2.50. The zero-order valence-corrected chi connectivity index (χ0v) is 14.9. The third kappa shape index (κ3) is 4.26. The Balaban J connectivity index is 1.49. The van der Waals surface area contributed by atoms with Gasteiger partial charge in [-0.25, -0.2) is 4.39 Å². The van der Waals surface area contributed by atoms with E-state index in [1.807, 2.05) is 17.9 Å². The molecule has 8 heteroatoms. The van der Waals surface area contributed by atoms with Crippen LogP contribution in [0.5, 0.6) is 0 Å². The summed E-state index contributed by atoms with van der Waals surface area (Å²) >= 11 is 0. The van der Waals surface area contributed by atoms with Crippen LogP contribution in [0.15, 0.2) is 30.3 Å². The first-order valence-corrected chi connectivity index (χ1v) is 8.50. The maximum Gasteiger partial charge on any atom is 0.253 e. The number of rotatable bonds is 4. The van der Waals surface area contributed by atoms with E-state index in [-0.39, 0.29) is 24.2 Å². The van der Waals surface area contributed by atoms with Gasteiger partial charge >= 0.3 is 0 Å². The molecule has 0 spiro atoms. The minimum absolute atomic E-state index is 0.105. The van der Waals surface area contributed by atoms with E-state index in [4.69, 9.17) is 0 Å². The monoisotopic (exact) mass is 359 g/mol. The van der Waals surface area contributed by atoms with Gasteiger partial charge in [0, 0.05) is 44.9 Å². The van der Waals surface area contributed by atoms with Crippen molar-refractivity contribution in [3.05, 3.63) is 47.4 Å². The maximum absolute atomic E-state index is 13.0. The number of hydrogen-bond acceptors (Lipinski definition) is 4. The molecule has 1 aliphatic heterocycles. The Hall–Kier alpha value is -2.74. The summed E-state index contributed by atoms with van der Waals surface area (Å²) in [5, 5.41) is 7.04. The number of anilines is 1. The van der Waals surface area contributed by atoms with Gasteiger partial charge in [-0.1, -0.05) is 0 Å². The number of nitrogens with zero attached hydrogens (tertiary/aromatic N) is 4. The SMILES string of the molecule is Cc1cc(NC(=O)CN2CCN(C(=O)c3ccc(F)cc3)CC2)n(C)n1. The fourth-order valence-corrected chi connectivity index (χ4v) is 3.00. The lowest BCUT2D eigenvalue weighted by atomic mass is 10.2. The van der Waals surface area contributed by atoms with Crippen molar-refractivity contribution in [1.29, 1.82) is 0 Å². The Kier molecular flexibility index (Phi) is 5.32. The first-order valence-electron chi connectivity index (χ1n) is 8.50. The molecule has 1 saturated heterocycles. The van der Waals surface area contributed by atoms with Crippen LogP contribution >= 0.6 is 0 Å². The molecule has 1 fully saturated rings. The second-order valence-electron chi connectivity index (χ2n) is 6.42. The molecule has 0 aliphatic carbocycles. The molecular weight excluding hydrogens is 337 g/mol. The first kappa shape index (κ1) is 18.1. The topological polar surface area (TPSA) is 70.5 Å². The van der Waals surface area contributed by atoms with E-state index < -0.39 is 0 Å². The van der Waals surface area contributed by atoms with Crippen molar-refractivity contribution in [2.24, 2.45) is 7.05 Å². The summed E-state index contributed by atoms with van der Waals surface area (Å²) in [7, 11) is 1.78. The van der Waals surface area contributed by atoms with Gasteiger partial charge in [-0.05, 0) is 31.2 Å². The number of piperazine rings is 1. The van der Waals surface area contributed by atoms with Crippen LogP contribution in [0.4, 0.5) is 10.2 Å². The Morgan fingerprint density at radius 2 is 1.81 bits per heavy atom. The molecule has 0 unspecified atom stereocenters. The van der Waals surface area contributed by atoms with Crippen LogP contribution in [0, 0.1) is 12.7 Å². The summed E-state index contributed by atoms with van der Waals surface area (Å²) in [5.41, 5.74) is 1.32. The van der Waals surface area contributed by atoms with Gasteiger partial charge in [0.05, 0.1) is 12.2 Å². The molecule has 2 heterocycles. The van der Waals surface area contributed by atoms with Gasteiger partial charge in [0.15, 0.2) is 0 Å². The minimum atomic E-state index is -0.360. The summed E-state index contributed by atoms with van der Waals surface area (Å²) < 4.78 is 14.6. The van der Waals surface area contributed by atoms with Gasteiger partial charge in [-0.3, -0.25) is 19.2 Å². The first-order chi connectivity index (χ1) is 12.4. The molecule has 2 amide bonds. The smallest absolute Gasteiger partial charge is 0.253 e. The fourth-order valence-electron chi connectivity index (χ4n) is 3.00. The normalized spacial score (nSPS) is 15.1. The van der Waals surface area contributed by atoms with Gasteiger partial charge in [0.2, 0.25) is 5.91 Å². The number of nitrogens with one attached hydrogen (secondary N) is 1. The highest BCUT2D eigenvalue weighted by Gasteiger charge is 2.23. The standard InChI is InChI=1S/C18H22FN5O2/c1-13-11-16(22(2)21-13)20-17(25)12-23-7-9-24(10-8-23)18(26)14-3-5-15(19)6-4-14/h3-6,11H,7-10,12H2,1-2H3,(H,20,25). The lowest BCUT2D eigenvalue weighted by molar-refractivity contribution is -0.117. The highest BCUT2D eigenvalue weighted by molar-refractivity contribution is 5.94. The van der Waals surface area contributed by atoms with Gasteiger partial charge in [0.1, 0.15) is 11.6 Å². The van der Waals surface area contributed by atoms with E-state index in [0.717, 1.165) is 5.69 Å². The van der Waals surface area contributed by atoms with Crippen molar-refractivity contribution in [2.45, 2.75) is 6.92 Å². The van der Waals surface area contributed by atoms with Crippen molar-refractivity contribution < 1.29 is 14.0 Å². The van der Waals surface area contributed by atoms with Crippen LogP contribution in [0.3, 0.4) is 0 Å². The quantitative estimate of drug-likeness (QED) is 0.892. The van der Waals surface area contributed by atoms with Crippen molar-refractivity contribution in [2.75, 3.05) is 38.0 Å². The van der Waals surface area contributed by atoms with Crippen molar-refractivity contribution >= 4 is 17.6 Å². The molecule has 2 aromatic rings. The Morgan fingerprint density at radius 1 is 1.15 bits per heavy atom. The average Bonchev–Trinajstić information content (AvgIpc) is 2.92. The van der Waals surface area contributed by atoms with Gasteiger partial charge in [-0.2, -0.15) is 5.10 Å². The highest BCUT2D eigenvalue weighted by atomic mass is 19.1. The van der Waals surface area contributed by atoms with E-state index in [0.29, 0.717) is 37.6 Å². The number of amides is 2. The Morgan fingerprint density at radius 3 is 2.38 bits per heavy atom. The van der Waals surface area contributed by atoms with E-state index in [1.54, 1.807) is 16.6 Å². The fraction of sp³-hybridized carbons (Fsp3) is 0.389. The molecule has 0 atom stereocenters. The molecule has 0 saturated carbocycles. The van der Waals surface area contributed by atoms with Crippen molar-refractivity contribution in [3.8, 4) is 0 Å². The van der Waals surface area contributed by atoms with Gasteiger partial charge < -0.3 is 10.2 Å². The molecule has 26 heavy (non-hydrogen) atoms. The molecule has 3 rings (SSSR count). The molecule has 138 valence electrons. The molecule has 1 aliphatic rings. The number of hydrogen-bond donors (Lipinski definition) is 1.